The Morgan fingerprint density at radius 1 is 1.12 bits per heavy atom. The van der Waals surface area contributed by atoms with Crippen molar-refractivity contribution < 1.29 is 19.2 Å². The van der Waals surface area contributed by atoms with E-state index in [-0.39, 0.29) is 11.6 Å². The fourth-order valence-corrected chi connectivity index (χ4v) is 2.25. The predicted molar refractivity (Wildman–Crippen MR) is 97.2 cm³/mol. The van der Waals surface area contributed by atoms with Crippen LogP contribution in [0.15, 0.2) is 48.5 Å². The Bertz CT molecular complexity index is 790. The molecule has 0 aliphatic carbocycles. The van der Waals surface area contributed by atoms with Gasteiger partial charge in [0.2, 0.25) is 5.91 Å². The molecule has 0 saturated heterocycles. The van der Waals surface area contributed by atoms with Gasteiger partial charge < -0.3 is 15.4 Å². The van der Waals surface area contributed by atoms with Crippen LogP contribution in [-0.2, 0) is 9.53 Å². The highest BCUT2D eigenvalue weighted by atomic mass is 16.6. The largest absolute Gasteiger partial charge is 0.465 e. The quantitative estimate of drug-likeness (QED) is 0.325. The van der Waals surface area contributed by atoms with Gasteiger partial charge in [-0.25, -0.2) is 4.79 Å². The van der Waals surface area contributed by atoms with Gasteiger partial charge >= 0.3 is 5.97 Å². The molecule has 8 nitrogen and oxygen atoms in total. The number of ether oxygens (including phenoxy) is 1. The summed E-state index contributed by atoms with van der Waals surface area (Å²) in [6.45, 7) is 0.549. The Hall–Kier alpha value is -3.42. The Morgan fingerprint density at radius 3 is 2.50 bits per heavy atom. The van der Waals surface area contributed by atoms with Crippen molar-refractivity contribution in [3.8, 4) is 0 Å². The second-order valence-electron chi connectivity index (χ2n) is 5.45. The van der Waals surface area contributed by atoms with Crippen molar-refractivity contribution in [2.45, 2.75) is 12.8 Å². The van der Waals surface area contributed by atoms with Crippen molar-refractivity contribution in [2.75, 3.05) is 24.3 Å². The van der Waals surface area contributed by atoms with Gasteiger partial charge in [0, 0.05) is 36.5 Å². The Morgan fingerprint density at radius 2 is 1.85 bits per heavy atom. The molecule has 2 aromatic rings. The molecule has 2 aromatic carbocycles. The third-order valence-corrected chi connectivity index (χ3v) is 3.56. The molecule has 26 heavy (non-hydrogen) atoms. The second kappa shape index (κ2) is 9.16. The number of carbonyl (C=O) groups is 2. The highest BCUT2D eigenvalue weighted by molar-refractivity contribution is 5.94. The SMILES string of the molecule is COC(=O)c1cccc(NC(=O)CCCNc2ccc([N+](=O)[O-])cc2)c1. The number of nitro groups is 1. The summed E-state index contributed by atoms with van der Waals surface area (Å²) in [5, 5.41) is 16.4. The number of benzene rings is 2. The highest BCUT2D eigenvalue weighted by Crippen LogP contribution is 2.15. The Labute approximate surface area is 150 Å². The molecule has 0 atom stereocenters. The third kappa shape index (κ3) is 5.59. The molecule has 0 aliphatic heterocycles. The molecule has 0 unspecified atom stereocenters. The van der Waals surface area contributed by atoms with Gasteiger partial charge in [0.1, 0.15) is 0 Å². The van der Waals surface area contributed by atoms with Gasteiger partial charge in [-0.2, -0.15) is 0 Å². The molecule has 0 bridgehead atoms. The van der Waals surface area contributed by atoms with Gasteiger partial charge in [0.15, 0.2) is 0 Å². The van der Waals surface area contributed by atoms with Gasteiger partial charge in [-0.05, 0) is 36.8 Å². The lowest BCUT2D eigenvalue weighted by atomic mass is 10.2. The number of hydrogen-bond acceptors (Lipinski definition) is 6. The summed E-state index contributed by atoms with van der Waals surface area (Å²) >= 11 is 0. The van der Waals surface area contributed by atoms with E-state index in [9.17, 15) is 19.7 Å². The lowest BCUT2D eigenvalue weighted by molar-refractivity contribution is -0.384. The van der Waals surface area contributed by atoms with Gasteiger partial charge in [-0.3, -0.25) is 14.9 Å². The topological polar surface area (TPSA) is 111 Å². The molecule has 0 aromatic heterocycles. The fraction of sp³-hybridized carbons (Fsp3) is 0.222. The summed E-state index contributed by atoms with van der Waals surface area (Å²) in [4.78, 5) is 33.6. The fourth-order valence-electron chi connectivity index (χ4n) is 2.25. The van der Waals surface area contributed by atoms with Gasteiger partial charge in [-0.1, -0.05) is 6.07 Å². The monoisotopic (exact) mass is 357 g/mol. The molecular weight excluding hydrogens is 338 g/mol. The lowest BCUT2D eigenvalue weighted by Gasteiger charge is -2.08. The molecule has 0 heterocycles. The first-order chi connectivity index (χ1) is 12.5. The van der Waals surface area contributed by atoms with E-state index in [1.807, 2.05) is 0 Å². The summed E-state index contributed by atoms with van der Waals surface area (Å²) in [7, 11) is 1.30. The first-order valence-corrected chi connectivity index (χ1v) is 7.96. The maximum Gasteiger partial charge on any atom is 0.337 e. The van der Waals surface area contributed by atoms with E-state index in [4.69, 9.17) is 0 Å². The summed E-state index contributed by atoms with van der Waals surface area (Å²) < 4.78 is 4.64. The molecule has 0 spiro atoms. The average Bonchev–Trinajstić information content (AvgIpc) is 2.65. The van der Waals surface area contributed by atoms with Crippen molar-refractivity contribution in [3.63, 3.8) is 0 Å². The van der Waals surface area contributed by atoms with E-state index in [1.165, 1.54) is 19.2 Å². The molecular formula is C18H19N3O5. The Kier molecular flexibility index (Phi) is 6.67. The maximum atomic E-state index is 12.0. The zero-order chi connectivity index (χ0) is 18.9. The summed E-state index contributed by atoms with van der Waals surface area (Å²) in [5.74, 6) is -0.633. The van der Waals surface area contributed by atoms with E-state index < -0.39 is 10.9 Å². The van der Waals surface area contributed by atoms with Crippen molar-refractivity contribution in [3.05, 3.63) is 64.2 Å². The number of nitrogens with zero attached hydrogens (tertiary/aromatic N) is 1. The van der Waals surface area contributed by atoms with Crippen LogP contribution in [0.3, 0.4) is 0 Å². The van der Waals surface area contributed by atoms with Crippen LogP contribution >= 0.6 is 0 Å². The van der Waals surface area contributed by atoms with Gasteiger partial charge in [0.25, 0.3) is 5.69 Å². The van der Waals surface area contributed by atoms with Crippen molar-refractivity contribution >= 4 is 28.9 Å². The minimum Gasteiger partial charge on any atom is -0.465 e. The molecule has 0 radical (unpaired) electrons. The van der Waals surface area contributed by atoms with E-state index in [1.54, 1.807) is 36.4 Å². The molecule has 1 amide bonds. The molecule has 0 saturated carbocycles. The van der Waals surface area contributed by atoms with Crippen LogP contribution in [0.1, 0.15) is 23.2 Å². The minimum absolute atomic E-state index is 0.0316. The minimum atomic E-state index is -0.464. The first kappa shape index (κ1) is 18.9. The smallest absolute Gasteiger partial charge is 0.337 e. The number of esters is 1. The van der Waals surface area contributed by atoms with E-state index >= 15 is 0 Å². The number of carbonyl (C=O) groups excluding carboxylic acids is 2. The second-order valence-corrected chi connectivity index (χ2v) is 5.45. The van der Waals surface area contributed by atoms with E-state index in [2.05, 4.69) is 15.4 Å². The zero-order valence-electron chi connectivity index (χ0n) is 14.2. The first-order valence-electron chi connectivity index (χ1n) is 7.96. The summed E-state index contributed by atoms with van der Waals surface area (Å²) in [5.41, 5.74) is 1.68. The molecule has 0 aliphatic rings. The third-order valence-electron chi connectivity index (χ3n) is 3.56. The number of nitro benzene ring substituents is 1. The van der Waals surface area contributed by atoms with Crippen LogP contribution in [-0.4, -0.2) is 30.5 Å². The number of rotatable bonds is 8. The number of hydrogen-bond donors (Lipinski definition) is 2. The highest BCUT2D eigenvalue weighted by Gasteiger charge is 2.08. The molecule has 2 N–H and O–H groups in total. The zero-order valence-corrected chi connectivity index (χ0v) is 14.2. The summed E-state index contributed by atoms with van der Waals surface area (Å²) in [6, 6.07) is 12.6. The van der Waals surface area contributed by atoms with E-state index in [0.29, 0.717) is 30.6 Å². The van der Waals surface area contributed by atoms with Crippen molar-refractivity contribution in [1.29, 1.82) is 0 Å². The maximum absolute atomic E-state index is 12.0. The van der Waals surface area contributed by atoms with Crippen molar-refractivity contribution in [2.24, 2.45) is 0 Å². The van der Waals surface area contributed by atoms with Crippen LogP contribution in [0.4, 0.5) is 17.1 Å². The normalized spacial score (nSPS) is 10.0. The lowest BCUT2D eigenvalue weighted by Crippen LogP contribution is -2.14. The molecule has 2 rings (SSSR count). The van der Waals surface area contributed by atoms with Crippen LogP contribution in [0.5, 0.6) is 0 Å². The van der Waals surface area contributed by atoms with Crippen LogP contribution in [0, 0.1) is 10.1 Å². The number of methoxy groups -OCH3 is 1. The standard InChI is InChI=1S/C18H19N3O5/c1-26-18(23)13-4-2-5-15(12-13)20-17(22)6-3-11-19-14-7-9-16(10-8-14)21(24)25/h2,4-5,7-10,12,19H,3,6,11H2,1H3,(H,20,22). The van der Waals surface area contributed by atoms with E-state index in [0.717, 1.165) is 5.69 Å². The number of amides is 1. The molecule has 136 valence electrons. The average molecular weight is 357 g/mol. The number of nitrogens with one attached hydrogen (secondary N) is 2. The Balaban J connectivity index is 1.75. The summed E-state index contributed by atoms with van der Waals surface area (Å²) in [6.07, 6.45) is 0.877. The molecule has 0 fully saturated rings. The number of anilines is 2. The van der Waals surface area contributed by atoms with Crippen LogP contribution in [0.25, 0.3) is 0 Å². The predicted octanol–water partition coefficient (Wildman–Crippen LogP) is 3.21. The molecule has 8 heteroatoms. The van der Waals surface area contributed by atoms with Crippen molar-refractivity contribution in [1.82, 2.24) is 0 Å². The van der Waals surface area contributed by atoms with Gasteiger partial charge in [-0.15, -0.1) is 0 Å². The van der Waals surface area contributed by atoms with Gasteiger partial charge in [0.05, 0.1) is 17.6 Å². The number of non-ortho nitro benzene ring substituents is 1. The van der Waals surface area contributed by atoms with Crippen LogP contribution in [0.2, 0.25) is 0 Å². The van der Waals surface area contributed by atoms with Crippen LogP contribution < -0.4 is 10.6 Å².